The van der Waals surface area contributed by atoms with Crippen molar-refractivity contribution in [3.8, 4) is 33.9 Å². The molecule has 0 amide bonds. The van der Waals surface area contributed by atoms with Crippen molar-refractivity contribution >= 4 is 0 Å². The Hall–Kier alpha value is -4.24. The minimum absolute atomic E-state index is 0.326. The second kappa shape index (κ2) is 8.21. The summed E-state index contributed by atoms with van der Waals surface area (Å²) in [4.78, 5) is 9.21. The minimum Gasteiger partial charge on any atom is -0.439 e. The molecule has 0 fully saturated rings. The molecule has 5 aromatic rings. The molecule has 0 radical (unpaired) electrons. The molecule has 1 aliphatic rings. The third-order valence-corrected chi connectivity index (χ3v) is 7.02. The molecule has 0 saturated heterocycles. The molecule has 1 aliphatic carbocycles. The van der Waals surface area contributed by atoms with E-state index in [4.69, 9.17) is 9.72 Å². The highest BCUT2D eigenvalue weighted by Gasteiger charge is 2.41. The summed E-state index contributed by atoms with van der Waals surface area (Å²) < 4.78 is 6.04. The van der Waals surface area contributed by atoms with Crippen molar-refractivity contribution in [2.45, 2.75) is 26.2 Å². The number of nitrogens with zero attached hydrogens (tertiary/aromatic N) is 2. The number of aryl methyl sites for hydroxylation is 2. The standard InChI is InChI=1S/C32H26N2O/c1-21-15-16-33-30(17-21)32(3)28-10-5-4-9-26(28)27-13-12-24(19-29(27)32)23-7-6-8-25(18-23)35-31-14-11-22(2)20-34-31/h4-20H,1-3H3. The number of fused-ring (bicyclic) bond motifs is 3. The lowest BCUT2D eigenvalue weighted by Gasteiger charge is -2.27. The molecule has 0 aliphatic heterocycles. The quantitative estimate of drug-likeness (QED) is 0.277. The fourth-order valence-corrected chi connectivity index (χ4v) is 5.13. The summed E-state index contributed by atoms with van der Waals surface area (Å²) in [6, 6.07) is 31.8. The topological polar surface area (TPSA) is 35.0 Å². The van der Waals surface area contributed by atoms with E-state index in [0.29, 0.717) is 5.88 Å². The van der Waals surface area contributed by atoms with Crippen molar-refractivity contribution in [3.05, 3.63) is 131 Å². The molecule has 1 atom stereocenters. The zero-order chi connectivity index (χ0) is 24.0. The van der Waals surface area contributed by atoms with Crippen LogP contribution >= 0.6 is 0 Å². The van der Waals surface area contributed by atoms with Crippen LogP contribution in [0.1, 0.15) is 34.9 Å². The van der Waals surface area contributed by atoms with E-state index >= 15 is 0 Å². The van der Waals surface area contributed by atoms with Gasteiger partial charge in [-0.1, -0.05) is 54.6 Å². The highest BCUT2D eigenvalue weighted by atomic mass is 16.5. The average molecular weight is 455 g/mol. The number of hydrogen-bond acceptors (Lipinski definition) is 3. The number of rotatable bonds is 4. The first-order valence-electron chi connectivity index (χ1n) is 11.9. The Balaban J connectivity index is 1.45. The maximum Gasteiger partial charge on any atom is 0.219 e. The molecule has 0 N–H and O–H groups in total. The summed E-state index contributed by atoms with van der Waals surface area (Å²) in [5, 5.41) is 0. The van der Waals surface area contributed by atoms with Crippen LogP contribution in [0.3, 0.4) is 0 Å². The smallest absolute Gasteiger partial charge is 0.219 e. The van der Waals surface area contributed by atoms with Crippen LogP contribution in [0.15, 0.2) is 103 Å². The number of aromatic nitrogens is 2. The molecule has 0 saturated carbocycles. The number of pyridine rings is 2. The number of benzene rings is 3. The summed E-state index contributed by atoms with van der Waals surface area (Å²) in [5.74, 6) is 1.36. The Morgan fingerprint density at radius 1 is 0.657 bits per heavy atom. The van der Waals surface area contributed by atoms with Gasteiger partial charge in [0.05, 0.1) is 11.1 Å². The van der Waals surface area contributed by atoms with Crippen molar-refractivity contribution in [1.29, 1.82) is 0 Å². The first-order chi connectivity index (χ1) is 17.0. The Kier molecular flexibility index (Phi) is 5.00. The van der Waals surface area contributed by atoms with Crippen LogP contribution in [0.2, 0.25) is 0 Å². The first kappa shape index (κ1) is 21.3. The van der Waals surface area contributed by atoms with Crippen LogP contribution in [-0.2, 0) is 5.41 Å². The van der Waals surface area contributed by atoms with Gasteiger partial charge < -0.3 is 4.74 Å². The van der Waals surface area contributed by atoms with Crippen molar-refractivity contribution in [2.24, 2.45) is 0 Å². The summed E-state index contributed by atoms with van der Waals surface area (Å²) in [5.41, 5.74) is 10.5. The van der Waals surface area contributed by atoms with E-state index in [0.717, 1.165) is 28.1 Å². The monoisotopic (exact) mass is 454 g/mol. The minimum atomic E-state index is -0.326. The molecule has 0 spiro atoms. The zero-order valence-electron chi connectivity index (χ0n) is 20.1. The Morgan fingerprint density at radius 2 is 1.49 bits per heavy atom. The lowest BCUT2D eigenvalue weighted by atomic mass is 9.76. The average Bonchev–Trinajstić information content (AvgIpc) is 3.15. The summed E-state index contributed by atoms with van der Waals surface area (Å²) in [6.07, 6.45) is 3.73. The van der Waals surface area contributed by atoms with Crippen LogP contribution in [0.4, 0.5) is 0 Å². The van der Waals surface area contributed by atoms with Gasteiger partial charge in [0.1, 0.15) is 5.75 Å². The predicted octanol–water partition coefficient (Wildman–Crippen LogP) is 7.89. The second-order valence-electron chi connectivity index (χ2n) is 9.45. The van der Waals surface area contributed by atoms with Crippen molar-refractivity contribution < 1.29 is 4.74 Å². The maximum atomic E-state index is 6.04. The highest BCUT2D eigenvalue weighted by molar-refractivity contribution is 5.85. The van der Waals surface area contributed by atoms with Crippen LogP contribution < -0.4 is 4.74 Å². The lowest BCUT2D eigenvalue weighted by molar-refractivity contribution is 0.463. The summed E-state index contributed by atoms with van der Waals surface area (Å²) in [6.45, 7) is 6.44. The fourth-order valence-electron chi connectivity index (χ4n) is 5.13. The molecule has 6 rings (SSSR count). The largest absolute Gasteiger partial charge is 0.439 e. The maximum absolute atomic E-state index is 6.04. The molecule has 170 valence electrons. The molecule has 0 bridgehead atoms. The molecule has 35 heavy (non-hydrogen) atoms. The molecular weight excluding hydrogens is 428 g/mol. The van der Waals surface area contributed by atoms with Crippen LogP contribution in [-0.4, -0.2) is 9.97 Å². The van der Waals surface area contributed by atoms with Gasteiger partial charge in [0, 0.05) is 18.5 Å². The van der Waals surface area contributed by atoms with Crippen molar-refractivity contribution in [3.63, 3.8) is 0 Å². The van der Waals surface area contributed by atoms with Gasteiger partial charge in [0.2, 0.25) is 5.88 Å². The SMILES string of the molecule is Cc1ccc(Oc2cccc(-c3ccc4c(c3)C(C)(c3cc(C)ccn3)c3ccccc3-4)c2)nc1. The van der Waals surface area contributed by atoms with Gasteiger partial charge in [0.15, 0.2) is 0 Å². The van der Waals surface area contributed by atoms with Crippen LogP contribution in [0.5, 0.6) is 11.6 Å². The molecule has 3 nitrogen and oxygen atoms in total. The molecule has 1 unspecified atom stereocenters. The molecular formula is C32H26N2O. The molecule has 3 aromatic carbocycles. The Labute approximate surface area is 206 Å². The van der Waals surface area contributed by atoms with E-state index in [9.17, 15) is 0 Å². The molecule has 2 heterocycles. The van der Waals surface area contributed by atoms with Crippen LogP contribution in [0, 0.1) is 13.8 Å². The van der Waals surface area contributed by atoms with Gasteiger partial charge >= 0.3 is 0 Å². The zero-order valence-corrected chi connectivity index (χ0v) is 20.1. The Bertz CT molecular complexity index is 1550. The number of hydrogen-bond donors (Lipinski definition) is 0. The van der Waals surface area contributed by atoms with Gasteiger partial charge in [-0.05, 0) is 95.6 Å². The third-order valence-electron chi connectivity index (χ3n) is 7.02. The van der Waals surface area contributed by atoms with Gasteiger partial charge in [-0.2, -0.15) is 0 Å². The van der Waals surface area contributed by atoms with E-state index in [-0.39, 0.29) is 5.41 Å². The number of ether oxygens (including phenoxy) is 1. The van der Waals surface area contributed by atoms with E-state index < -0.39 is 0 Å². The van der Waals surface area contributed by atoms with Gasteiger partial charge in [0.25, 0.3) is 0 Å². The van der Waals surface area contributed by atoms with Crippen molar-refractivity contribution in [1.82, 2.24) is 9.97 Å². The normalized spacial score (nSPS) is 16.0. The fraction of sp³-hybridized carbons (Fsp3) is 0.125. The first-order valence-corrected chi connectivity index (χ1v) is 11.9. The van der Waals surface area contributed by atoms with E-state index in [1.165, 1.54) is 27.8 Å². The summed E-state index contributed by atoms with van der Waals surface area (Å²) in [7, 11) is 0. The van der Waals surface area contributed by atoms with E-state index in [1.54, 1.807) is 0 Å². The third kappa shape index (κ3) is 3.60. The molecule has 3 heteroatoms. The lowest BCUT2D eigenvalue weighted by Crippen LogP contribution is -2.24. The predicted molar refractivity (Wildman–Crippen MR) is 141 cm³/mol. The Morgan fingerprint density at radius 3 is 2.31 bits per heavy atom. The van der Waals surface area contributed by atoms with Gasteiger partial charge in [-0.3, -0.25) is 4.98 Å². The second-order valence-corrected chi connectivity index (χ2v) is 9.45. The van der Waals surface area contributed by atoms with E-state index in [2.05, 4.69) is 85.6 Å². The van der Waals surface area contributed by atoms with E-state index in [1.807, 2.05) is 43.6 Å². The van der Waals surface area contributed by atoms with Gasteiger partial charge in [-0.25, -0.2) is 4.98 Å². The highest BCUT2D eigenvalue weighted by Crippen LogP contribution is 2.52. The van der Waals surface area contributed by atoms with Crippen molar-refractivity contribution in [2.75, 3.05) is 0 Å². The molecule has 2 aromatic heterocycles. The van der Waals surface area contributed by atoms with Gasteiger partial charge in [-0.15, -0.1) is 0 Å². The van der Waals surface area contributed by atoms with Crippen LogP contribution in [0.25, 0.3) is 22.3 Å². The summed E-state index contributed by atoms with van der Waals surface area (Å²) >= 11 is 0.